The highest BCUT2D eigenvalue weighted by molar-refractivity contribution is 5.85. The van der Waals surface area contributed by atoms with Crippen LogP contribution in [0.4, 0.5) is 0 Å². The van der Waals surface area contributed by atoms with Crippen molar-refractivity contribution in [3.05, 3.63) is 30.1 Å². The van der Waals surface area contributed by atoms with Crippen molar-refractivity contribution in [3.63, 3.8) is 0 Å². The predicted octanol–water partition coefficient (Wildman–Crippen LogP) is 2.80. The summed E-state index contributed by atoms with van der Waals surface area (Å²) < 4.78 is 0. The zero-order chi connectivity index (χ0) is 10.1. The SMILES string of the molecule is Cl.c1ccc2[nH]c(C3CCCCN3)nc2c1. The molecule has 0 aliphatic carbocycles. The second-order valence-electron chi connectivity index (χ2n) is 4.14. The fraction of sp³-hybridized carbons (Fsp3) is 0.417. The van der Waals surface area contributed by atoms with E-state index < -0.39 is 0 Å². The Labute approximate surface area is 101 Å². The van der Waals surface area contributed by atoms with Gasteiger partial charge in [-0.1, -0.05) is 18.6 Å². The van der Waals surface area contributed by atoms with Crippen molar-refractivity contribution in [2.45, 2.75) is 25.3 Å². The zero-order valence-corrected chi connectivity index (χ0v) is 9.89. The van der Waals surface area contributed by atoms with E-state index in [4.69, 9.17) is 0 Å². The second-order valence-corrected chi connectivity index (χ2v) is 4.14. The molecule has 3 nitrogen and oxygen atoms in total. The number of rotatable bonds is 1. The van der Waals surface area contributed by atoms with Crippen LogP contribution in [-0.4, -0.2) is 16.5 Å². The highest BCUT2D eigenvalue weighted by Crippen LogP contribution is 2.22. The lowest BCUT2D eigenvalue weighted by Gasteiger charge is -2.21. The first-order valence-electron chi connectivity index (χ1n) is 5.61. The molecule has 3 rings (SSSR count). The average Bonchev–Trinajstić information content (AvgIpc) is 2.74. The van der Waals surface area contributed by atoms with Gasteiger partial charge in [0.15, 0.2) is 0 Å². The number of aromatic amines is 1. The standard InChI is InChI=1S/C12H15N3.ClH/c1-2-6-10-9(5-1)14-12(15-10)11-7-3-4-8-13-11;/h1-2,5-6,11,13H,3-4,7-8H2,(H,14,15);1H. The molecule has 0 radical (unpaired) electrons. The molecule has 0 amide bonds. The first-order chi connectivity index (χ1) is 7.43. The monoisotopic (exact) mass is 237 g/mol. The molecule has 2 heterocycles. The molecule has 1 aromatic heterocycles. The lowest BCUT2D eigenvalue weighted by atomic mass is 10.0. The van der Waals surface area contributed by atoms with E-state index in [0.29, 0.717) is 6.04 Å². The number of hydrogen-bond donors (Lipinski definition) is 2. The lowest BCUT2D eigenvalue weighted by molar-refractivity contribution is 0.400. The number of nitrogens with zero attached hydrogens (tertiary/aromatic N) is 1. The molecule has 1 aromatic carbocycles. The molecule has 1 saturated heterocycles. The topological polar surface area (TPSA) is 40.7 Å². The summed E-state index contributed by atoms with van der Waals surface area (Å²) in [5.74, 6) is 1.09. The van der Waals surface area contributed by atoms with Crippen molar-refractivity contribution < 1.29 is 0 Å². The van der Waals surface area contributed by atoms with Crippen molar-refractivity contribution in [1.29, 1.82) is 0 Å². The van der Waals surface area contributed by atoms with Crippen LogP contribution in [0.5, 0.6) is 0 Å². The third kappa shape index (κ3) is 2.06. The number of benzene rings is 1. The minimum atomic E-state index is 0. The number of piperidine rings is 1. The normalized spacial score (nSPS) is 20.6. The van der Waals surface area contributed by atoms with Crippen molar-refractivity contribution in [3.8, 4) is 0 Å². The molecule has 0 saturated carbocycles. The maximum absolute atomic E-state index is 4.62. The first-order valence-corrected chi connectivity index (χ1v) is 5.61. The van der Waals surface area contributed by atoms with Gasteiger partial charge in [0.1, 0.15) is 5.82 Å². The second kappa shape index (κ2) is 4.85. The summed E-state index contributed by atoms with van der Waals surface area (Å²) in [7, 11) is 0. The van der Waals surface area contributed by atoms with Gasteiger partial charge >= 0.3 is 0 Å². The summed E-state index contributed by atoms with van der Waals surface area (Å²) in [5.41, 5.74) is 2.21. The molecule has 1 aliphatic heterocycles. The van der Waals surface area contributed by atoms with Gasteiger partial charge in [-0.05, 0) is 31.5 Å². The van der Waals surface area contributed by atoms with Gasteiger partial charge in [-0.15, -0.1) is 12.4 Å². The number of halogens is 1. The maximum atomic E-state index is 4.62. The van der Waals surface area contributed by atoms with Crippen molar-refractivity contribution in [1.82, 2.24) is 15.3 Å². The van der Waals surface area contributed by atoms with Crippen molar-refractivity contribution >= 4 is 23.4 Å². The Kier molecular flexibility index (Phi) is 3.46. The van der Waals surface area contributed by atoms with Gasteiger partial charge in [-0.25, -0.2) is 4.98 Å². The Morgan fingerprint density at radius 1 is 1.19 bits per heavy atom. The smallest absolute Gasteiger partial charge is 0.124 e. The van der Waals surface area contributed by atoms with Crippen LogP contribution in [-0.2, 0) is 0 Å². The number of para-hydroxylation sites is 2. The Morgan fingerprint density at radius 2 is 2.06 bits per heavy atom. The molecule has 0 spiro atoms. The van der Waals surface area contributed by atoms with Gasteiger partial charge in [0, 0.05) is 0 Å². The van der Waals surface area contributed by atoms with Gasteiger partial charge in [0.2, 0.25) is 0 Å². The summed E-state index contributed by atoms with van der Waals surface area (Å²) >= 11 is 0. The minimum Gasteiger partial charge on any atom is -0.341 e. The number of nitrogens with one attached hydrogen (secondary N) is 2. The largest absolute Gasteiger partial charge is 0.341 e. The van der Waals surface area contributed by atoms with E-state index >= 15 is 0 Å². The van der Waals surface area contributed by atoms with Crippen LogP contribution in [0.1, 0.15) is 31.1 Å². The molecule has 16 heavy (non-hydrogen) atoms. The highest BCUT2D eigenvalue weighted by Gasteiger charge is 2.17. The van der Waals surface area contributed by atoms with Crippen LogP contribution in [0, 0.1) is 0 Å². The lowest BCUT2D eigenvalue weighted by Crippen LogP contribution is -2.27. The maximum Gasteiger partial charge on any atom is 0.124 e. The third-order valence-electron chi connectivity index (χ3n) is 3.05. The molecule has 86 valence electrons. The Hall–Kier alpha value is -1.06. The van der Waals surface area contributed by atoms with E-state index in [9.17, 15) is 0 Å². The van der Waals surface area contributed by atoms with Crippen LogP contribution in [0.25, 0.3) is 11.0 Å². The van der Waals surface area contributed by atoms with Gasteiger partial charge in [0.05, 0.1) is 17.1 Å². The molecule has 0 bridgehead atoms. The molecule has 1 aliphatic rings. The number of fused-ring (bicyclic) bond motifs is 1. The molecule has 2 aromatic rings. The van der Waals surface area contributed by atoms with Gasteiger partial charge in [0.25, 0.3) is 0 Å². The first kappa shape index (κ1) is 11.4. The Bertz CT molecular complexity index is 427. The fourth-order valence-electron chi connectivity index (χ4n) is 2.22. The van der Waals surface area contributed by atoms with Crippen LogP contribution < -0.4 is 5.32 Å². The van der Waals surface area contributed by atoms with Gasteiger partial charge < -0.3 is 10.3 Å². The van der Waals surface area contributed by atoms with E-state index in [1.165, 1.54) is 19.3 Å². The van der Waals surface area contributed by atoms with E-state index in [0.717, 1.165) is 23.4 Å². The van der Waals surface area contributed by atoms with Crippen LogP contribution in [0.2, 0.25) is 0 Å². The predicted molar refractivity (Wildman–Crippen MR) is 67.9 cm³/mol. The summed E-state index contributed by atoms with van der Waals surface area (Å²) in [4.78, 5) is 8.01. The van der Waals surface area contributed by atoms with Crippen molar-refractivity contribution in [2.24, 2.45) is 0 Å². The molecule has 1 unspecified atom stereocenters. The summed E-state index contributed by atoms with van der Waals surface area (Å²) in [6.45, 7) is 1.11. The van der Waals surface area contributed by atoms with E-state index in [2.05, 4.69) is 27.4 Å². The van der Waals surface area contributed by atoms with E-state index in [1.807, 2.05) is 12.1 Å². The molecular formula is C12H16ClN3. The number of H-pyrrole nitrogens is 1. The number of aromatic nitrogens is 2. The van der Waals surface area contributed by atoms with Crippen molar-refractivity contribution in [2.75, 3.05) is 6.54 Å². The molecule has 1 atom stereocenters. The zero-order valence-electron chi connectivity index (χ0n) is 9.07. The Balaban J connectivity index is 0.000000963. The summed E-state index contributed by atoms with van der Waals surface area (Å²) in [5, 5.41) is 3.50. The van der Waals surface area contributed by atoms with Gasteiger partial charge in [-0.2, -0.15) is 0 Å². The molecule has 4 heteroatoms. The van der Waals surface area contributed by atoms with Crippen LogP contribution in [0.15, 0.2) is 24.3 Å². The molecular weight excluding hydrogens is 222 g/mol. The van der Waals surface area contributed by atoms with Crippen LogP contribution >= 0.6 is 12.4 Å². The fourth-order valence-corrected chi connectivity index (χ4v) is 2.22. The molecule has 2 N–H and O–H groups in total. The van der Waals surface area contributed by atoms with E-state index in [-0.39, 0.29) is 12.4 Å². The minimum absolute atomic E-state index is 0. The van der Waals surface area contributed by atoms with E-state index in [1.54, 1.807) is 0 Å². The summed E-state index contributed by atoms with van der Waals surface area (Å²) in [6.07, 6.45) is 3.78. The number of hydrogen-bond acceptors (Lipinski definition) is 2. The number of imidazole rings is 1. The third-order valence-corrected chi connectivity index (χ3v) is 3.05. The summed E-state index contributed by atoms with van der Waals surface area (Å²) in [6, 6.07) is 8.62. The molecule has 1 fully saturated rings. The quantitative estimate of drug-likeness (QED) is 0.801. The highest BCUT2D eigenvalue weighted by atomic mass is 35.5. The van der Waals surface area contributed by atoms with Gasteiger partial charge in [-0.3, -0.25) is 0 Å². The van der Waals surface area contributed by atoms with Crippen LogP contribution in [0.3, 0.4) is 0 Å². The average molecular weight is 238 g/mol. The Morgan fingerprint density at radius 3 is 2.81 bits per heavy atom.